The summed E-state index contributed by atoms with van der Waals surface area (Å²) in [6.45, 7) is 3.50. The molecule has 0 aromatic heterocycles. The minimum atomic E-state index is -4.72. The first-order chi connectivity index (χ1) is 3.92. The standard InChI is InChI=1S/C4H11O4P/c1-4(2)3-8-9(5,6)7/h4H,3H2,1-2H3,(H2,5,6,7)/p-2. The highest BCUT2D eigenvalue weighted by Gasteiger charge is 1.94. The minimum Gasteiger partial charge on any atom is -0.790 e. The molecule has 0 amide bonds. The van der Waals surface area contributed by atoms with Crippen LogP contribution in [0.15, 0.2) is 0 Å². The van der Waals surface area contributed by atoms with E-state index in [0.717, 1.165) is 0 Å². The van der Waals surface area contributed by atoms with Crippen molar-refractivity contribution in [1.29, 1.82) is 0 Å². The van der Waals surface area contributed by atoms with Gasteiger partial charge in [0, 0.05) is 0 Å². The average molecular weight is 152 g/mol. The largest absolute Gasteiger partial charge is 0.790 e. The second-order valence-electron chi connectivity index (χ2n) is 2.14. The number of hydrogen-bond acceptors (Lipinski definition) is 4. The van der Waals surface area contributed by atoms with E-state index < -0.39 is 7.82 Å². The van der Waals surface area contributed by atoms with Gasteiger partial charge in [0.15, 0.2) is 0 Å². The number of hydrogen-bond donors (Lipinski definition) is 0. The number of rotatable bonds is 3. The van der Waals surface area contributed by atoms with Crippen LogP contribution in [-0.4, -0.2) is 6.61 Å². The summed E-state index contributed by atoms with van der Waals surface area (Å²) in [5, 5.41) is 0. The number of phosphoric ester groups is 1. The molecule has 0 aliphatic carbocycles. The summed E-state index contributed by atoms with van der Waals surface area (Å²) >= 11 is 0. The lowest BCUT2D eigenvalue weighted by atomic mass is 10.2. The van der Waals surface area contributed by atoms with Crippen LogP contribution in [0, 0.1) is 5.92 Å². The van der Waals surface area contributed by atoms with Gasteiger partial charge < -0.3 is 18.9 Å². The Bertz CT molecular complexity index is 116. The van der Waals surface area contributed by atoms with E-state index in [9.17, 15) is 14.4 Å². The van der Waals surface area contributed by atoms with Crippen molar-refractivity contribution in [2.45, 2.75) is 13.8 Å². The summed E-state index contributed by atoms with van der Waals surface area (Å²) < 4.78 is 13.7. The maximum Gasteiger partial charge on any atom is 0.0596 e. The highest BCUT2D eigenvalue weighted by molar-refractivity contribution is 7.43. The van der Waals surface area contributed by atoms with Crippen molar-refractivity contribution in [3.8, 4) is 0 Å². The van der Waals surface area contributed by atoms with Gasteiger partial charge in [0.2, 0.25) is 0 Å². The predicted molar refractivity (Wildman–Crippen MR) is 28.4 cm³/mol. The Hall–Kier alpha value is 0.110. The number of phosphoric acid groups is 1. The fraction of sp³-hybridized carbons (Fsp3) is 1.00. The zero-order valence-electron chi connectivity index (χ0n) is 5.36. The van der Waals surface area contributed by atoms with Crippen molar-refractivity contribution in [2.75, 3.05) is 6.61 Å². The monoisotopic (exact) mass is 152 g/mol. The SMILES string of the molecule is CC(C)COP(=O)([O-])[O-]. The molecule has 4 nitrogen and oxygen atoms in total. The van der Waals surface area contributed by atoms with Crippen LogP contribution < -0.4 is 9.79 Å². The second-order valence-corrected chi connectivity index (χ2v) is 3.29. The summed E-state index contributed by atoms with van der Waals surface area (Å²) in [7, 11) is -4.72. The van der Waals surface area contributed by atoms with Gasteiger partial charge in [-0.3, -0.25) is 0 Å². The van der Waals surface area contributed by atoms with Crippen LogP contribution in [0.1, 0.15) is 13.8 Å². The van der Waals surface area contributed by atoms with Gasteiger partial charge in [-0.25, -0.2) is 0 Å². The maximum atomic E-state index is 9.79. The first kappa shape index (κ1) is 9.11. The molecule has 0 heterocycles. The Morgan fingerprint density at radius 3 is 2.11 bits per heavy atom. The Balaban J connectivity index is 3.40. The molecule has 0 N–H and O–H groups in total. The molecule has 0 radical (unpaired) electrons. The molecule has 0 unspecified atom stereocenters. The van der Waals surface area contributed by atoms with Crippen molar-refractivity contribution in [2.24, 2.45) is 5.92 Å². The van der Waals surface area contributed by atoms with E-state index in [1.807, 2.05) is 0 Å². The lowest BCUT2D eigenvalue weighted by molar-refractivity contribution is -0.342. The lowest BCUT2D eigenvalue weighted by Gasteiger charge is -2.29. The lowest BCUT2D eigenvalue weighted by Crippen LogP contribution is -2.18. The van der Waals surface area contributed by atoms with E-state index in [2.05, 4.69) is 4.52 Å². The van der Waals surface area contributed by atoms with Crippen molar-refractivity contribution in [3.05, 3.63) is 0 Å². The van der Waals surface area contributed by atoms with E-state index in [0.29, 0.717) is 0 Å². The van der Waals surface area contributed by atoms with Gasteiger partial charge in [-0.15, -0.1) is 0 Å². The topological polar surface area (TPSA) is 72.4 Å². The zero-order valence-corrected chi connectivity index (χ0v) is 6.26. The summed E-state index contributed by atoms with van der Waals surface area (Å²) in [6, 6.07) is 0. The van der Waals surface area contributed by atoms with Gasteiger partial charge in [-0.1, -0.05) is 13.8 Å². The predicted octanol–water partition coefficient (Wildman–Crippen LogP) is -0.512. The molecule has 0 aliphatic heterocycles. The van der Waals surface area contributed by atoms with Crippen LogP contribution in [0.3, 0.4) is 0 Å². The van der Waals surface area contributed by atoms with Crippen molar-refractivity contribution >= 4 is 7.82 Å². The van der Waals surface area contributed by atoms with Gasteiger partial charge in [-0.2, -0.15) is 0 Å². The van der Waals surface area contributed by atoms with Crippen molar-refractivity contribution in [1.82, 2.24) is 0 Å². The van der Waals surface area contributed by atoms with Gasteiger partial charge in [-0.05, 0) is 5.92 Å². The van der Waals surface area contributed by atoms with Gasteiger partial charge in [0.05, 0.1) is 14.4 Å². The van der Waals surface area contributed by atoms with Gasteiger partial charge in [0.1, 0.15) is 0 Å². The van der Waals surface area contributed by atoms with Crippen LogP contribution in [-0.2, 0) is 9.09 Å². The molecular formula is C4H9O4P-2. The second kappa shape index (κ2) is 3.32. The molecule has 5 heteroatoms. The zero-order chi connectivity index (χ0) is 7.49. The quantitative estimate of drug-likeness (QED) is 0.510. The third kappa shape index (κ3) is 8.11. The Morgan fingerprint density at radius 2 is 2.00 bits per heavy atom. The van der Waals surface area contributed by atoms with E-state index in [1.165, 1.54) is 0 Å². The normalized spacial score (nSPS) is 12.6. The van der Waals surface area contributed by atoms with Crippen LogP contribution in [0.2, 0.25) is 0 Å². The Morgan fingerprint density at radius 1 is 1.56 bits per heavy atom. The van der Waals surface area contributed by atoms with Crippen molar-refractivity contribution in [3.63, 3.8) is 0 Å². The van der Waals surface area contributed by atoms with Crippen LogP contribution in [0.25, 0.3) is 0 Å². The molecule has 0 saturated heterocycles. The molecule has 56 valence electrons. The summed E-state index contributed by atoms with van der Waals surface area (Å²) in [5.74, 6) is 0.0706. The molecule has 0 atom stereocenters. The molecule has 0 rings (SSSR count). The van der Waals surface area contributed by atoms with E-state index >= 15 is 0 Å². The molecule has 0 aliphatic rings. The fourth-order valence-electron chi connectivity index (χ4n) is 0.240. The third-order valence-electron chi connectivity index (χ3n) is 0.566. The maximum absolute atomic E-state index is 9.79. The fourth-order valence-corrected chi connectivity index (χ4v) is 0.721. The Labute approximate surface area is 54.1 Å². The van der Waals surface area contributed by atoms with Crippen LogP contribution >= 0.6 is 7.82 Å². The van der Waals surface area contributed by atoms with E-state index in [4.69, 9.17) is 0 Å². The molecule has 0 aromatic carbocycles. The third-order valence-corrected chi connectivity index (χ3v) is 1.03. The summed E-state index contributed by atoms with van der Waals surface area (Å²) in [4.78, 5) is 19.6. The molecule has 9 heavy (non-hydrogen) atoms. The molecular weight excluding hydrogens is 143 g/mol. The molecule has 0 saturated carbocycles. The molecule has 0 bridgehead atoms. The Kier molecular flexibility index (Phi) is 3.36. The first-order valence-electron chi connectivity index (χ1n) is 2.58. The molecule has 0 aromatic rings. The van der Waals surface area contributed by atoms with Gasteiger partial charge in [0.25, 0.3) is 0 Å². The minimum absolute atomic E-state index is 0.0235. The average Bonchev–Trinajstić information content (AvgIpc) is 1.59. The highest BCUT2D eigenvalue weighted by atomic mass is 31.2. The van der Waals surface area contributed by atoms with E-state index in [1.54, 1.807) is 13.8 Å². The van der Waals surface area contributed by atoms with Gasteiger partial charge >= 0.3 is 0 Å². The van der Waals surface area contributed by atoms with E-state index in [-0.39, 0.29) is 12.5 Å². The highest BCUT2D eigenvalue weighted by Crippen LogP contribution is 2.24. The summed E-state index contributed by atoms with van der Waals surface area (Å²) in [5.41, 5.74) is 0. The van der Waals surface area contributed by atoms with Crippen molar-refractivity contribution < 1.29 is 18.9 Å². The molecule has 0 fully saturated rings. The smallest absolute Gasteiger partial charge is 0.0596 e. The first-order valence-corrected chi connectivity index (χ1v) is 4.04. The molecule has 0 spiro atoms. The van der Waals surface area contributed by atoms with Crippen LogP contribution in [0.4, 0.5) is 0 Å². The summed E-state index contributed by atoms with van der Waals surface area (Å²) in [6.07, 6.45) is 0. The van der Waals surface area contributed by atoms with Crippen LogP contribution in [0.5, 0.6) is 0 Å².